The summed E-state index contributed by atoms with van der Waals surface area (Å²) in [6.07, 6.45) is 0. The Morgan fingerprint density at radius 3 is 1.54 bits per heavy atom. The van der Waals surface area contributed by atoms with E-state index < -0.39 is 0 Å². The molecule has 5 heteroatoms. The van der Waals surface area contributed by atoms with Gasteiger partial charge in [0.05, 0.1) is 0 Å². The molecule has 3 heterocycles. The van der Waals surface area contributed by atoms with Crippen LogP contribution in [-0.2, 0) is 0 Å². The fourth-order valence-electron chi connectivity index (χ4n) is 7.00. The van der Waals surface area contributed by atoms with E-state index in [1.54, 1.807) is 11.3 Å². The smallest absolute Gasteiger partial charge is 0.165 e. The maximum absolute atomic E-state index is 6.50. The minimum Gasteiger partial charge on any atom is -0.456 e. The van der Waals surface area contributed by atoms with Crippen LogP contribution in [0.1, 0.15) is 0 Å². The molecule has 0 radical (unpaired) electrons. The molecule has 0 N–H and O–H groups in total. The molecule has 0 aliphatic rings. The van der Waals surface area contributed by atoms with Gasteiger partial charge in [0, 0.05) is 53.2 Å². The molecule has 7 aromatic carbocycles. The molecule has 0 amide bonds. The van der Waals surface area contributed by atoms with Gasteiger partial charge < -0.3 is 4.42 Å². The van der Waals surface area contributed by atoms with E-state index in [1.807, 2.05) is 66.7 Å². The highest BCUT2D eigenvalue weighted by atomic mass is 32.1. The average molecular weight is 658 g/mol. The molecule has 0 bridgehead atoms. The molecule has 0 fully saturated rings. The number of aromatic nitrogens is 3. The molecule has 0 aliphatic carbocycles. The molecular formula is C45H27N3OS. The third-order valence-corrected chi connectivity index (χ3v) is 10.6. The van der Waals surface area contributed by atoms with Crippen molar-refractivity contribution < 1.29 is 4.42 Å². The van der Waals surface area contributed by atoms with Crippen LogP contribution in [0.3, 0.4) is 0 Å². The molecule has 0 unspecified atom stereocenters. The van der Waals surface area contributed by atoms with Gasteiger partial charge in [0.2, 0.25) is 0 Å². The average Bonchev–Trinajstić information content (AvgIpc) is 3.77. The van der Waals surface area contributed by atoms with Gasteiger partial charge in [-0.3, -0.25) is 0 Å². The van der Waals surface area contributed by atoms with Crippen molar-refractivity contribution in [3.8, 4) is 56.4 Å². The largest absolute Gasteiger partial charge is 0.456 e. The normalized spacial score (nSPS) is 11.6. The first-order valence-corrected chi connectivity index (χ1v) is 17.4. The van der Waals surface area contributed by atoms with Crippen LogP contribution in [0.25, 0.3) is 98.5 Å². The zero-order valence-corrected chi connectivity index (χ0v) is 27.6. The Hall–Kier alpha value is -6.43. The fourth-order valence-corrected chi connectivity index (χ4v) is 8.34. The number of thiophene rings is 1. The summed E-state index contributed by atoms with van der Waals surface area (Å²) in [5, 5.41) is 4.63. The summed E-state index contributed by atoms with van der Waals surface area (Å²) in [7, 11) is 0. The van der Waals surface area contributed by atoms with E-state index in [1.165, 1.54) is 21.0 Å². The molecule has 10 aromatic rings. The lowest BCUT2D eigenvalue weighted by molar-refractivity contribution is 0.669. The van der Waals surface area contributed by atoms with Crippen LogP contribution in [-0.4, -0.2) is 15.0 Å². The summed E-state index contributed by atoms with van der Waals surface area (Å²) in [4.78, 5) is 15.1. The summed E-state index contributed by atoms with van der Waals surface area (Å²) < 4.78 is 8.86. The minimum absolute atomic E-state index is 0.653. The van der Waals surface area contributed by atoms with Crippen molar-refractivity contribution in [3.63, 3.8) is 0 Å². The molecule has 0 saturated carbocycles. The van der Waals surface area contributed by atoms with Crippen LogP contribution in [0.15, 0.2) is 168 Å². The Balaban J connectivity index is 1.23. The highest BCUT2D eigenvalue weighted by Gasteiger charge is 2.21. The van der Waals surface area contributed by atoms with Gasteiger partial charge in [0.1, 0.15) is 11.2 Å². The van der Waals surface area contributed by atoms with Gasteiger partial charge in [-0.05, 0) is 41.0 Å². The highest BCUT2D eigenvalue weighted by molar-refractivity contribution is 7.26. The van der Waals surface area contributed by atoms with Crippen LogP contribution in [0.2, 0.25) is 0 Å². The van der Waals surface area contributed by atoms with Crippen molar-refractivity contribution in [3.05, 3.63) is 164 Å². The lowest BCUT2D eigenvalue weighted by Crippen LogP contribution is -2.00. The zero-order valence-electron chi connectivity index (χ0n) is 26.7. The van der Waals surface area contributed by atoms with Crippen LogP contribution in [0, 0.1) is 0 Å². The van der Waals surface area contributed by atoms with Crippen molar-refractivity contribution in [1.29, 1.82) is 0 Å². The van der Waals surface area contributed by atoms with Crippen LogP contribution >= 0.6 is 11.3 Å². The number of nitrogens with zero attached hydrogens (tertiary/aromatic N) is 3. The highest BCUT2D eigenvalue weighted by Crippen LogP contribution is 2.47. The number of benzene rings is 7. The van der Waals surface area contributed by atoms with E-state index in [2.05, 4.69) is 97.1 Å². The predicted octanol–water partition coefficient (Wildman–Crippen LogP) is 12.5. The van der Waals surface area contributed by atoms with E-state index >= 15 is 0 Å². The van der Waals surface area contributed by atoms with E-state index in [9.17, 15) is 0 Å². The van der Waals surface area contributed by atoms with Crippen molar-refractivity contribution in [2.45, 2.75) is 0 Å². The van der Waals surface area contributed by atoms with E-state index in [-0.39, 0.29) is 0 Å². The first kappa shape index (κ1) is 28.6. The zero-order chi connectivity index (χ0) is 33.0. The maximum atomic E-state index is 6.50. The first-order valence-electron chi connectivity index (χ1n) is 16.6. The van der Waals surface area contributed by atoms with Gasteiger partial charge in [-0.25, -0.2) is 15.0 Å². The number of fused-ring (bicyclic) bond motifs is 6. The first-order chi connectivity index (χ1) is 24.8. The van der Waals surface area contributed by atoms with Gasteiger partial charge in [-0.15, -0.1) is 11.3 Å². The van der Waals surface area contributed by atoms with E-state index in [0.717, 1.165) is 60.0 Å². The minimum atomic E-state index is 0.653. The topological polar surface area (TPSA) is 51.8 Å². The Kier molecular flexibility index (Phi) is 6.64. The Labute approximate surface area is 292 Å². The summed E-state index contributed by atoms with van der Waals surface area (Å²) in [5.41, 5.74) is 9.27. The molecule has 10 rings (SSSR count). The molecular weight excluding hydrogens is 631 g/mol. The summed E-state index contributed by atoms with van der Waals surface area (Å²) >= 11 is 1.80. The Bertz CT molecular complexity index is 2800. The number of para-hydroxylation sites is 1. The van der Waals surface area contributed by atoms with Crippen LogP contribution in [0.5, 0.6) is 0 Å². The Morgan fingerprint density at radius 2 is 0.880 bits per heavy atom. The van der Waals surface area contributed by atoms with Gasteiger partial charge in [-0.2, -0.15) is 0 Å². The molecule has 0 aliphatic heterocycles. The SMILES string of the molecule is c1ccc(-c2cc(-c3cccc4c3sc3c(-c5nc(-c6ccccc6)nc(-c6ccccc6)n5)cccc34)c3c(c2)oc2ccccc23)cc1. The van der Waals surface area contributed by atoms with Crippen molar-refractivity contribution in [1.82, 2.24) is 15.0 Å². The number of hydrogen-bond donors (Lipinski definition) is 0. The van der Waals surface area contributed by atoms with Gasteiger partial charge in [0.25, 0.3) is 0 Å². The summed E-state index contributed by atoms with van der Waals surface area (Å²) in [6.45, 7) is 0. The molecule has 234 valence electrons. The molecule has 50 heavy (non-hydrogen) atoms. The van der Waals surface area contributed by atoms with Gasteiger partial charge in [-0.1, -0.05) is 140 Å². The fraction of sp³-hybridized carbons (Fsp3) is 0. The lowest BCUT2D eigenvalue weighted by Gasteiger charge is -2.10. The van der Waals surface area contributed by atoms with Crippen molar-refractivity contribution >= 4 is 53.4 Å². The van der Waals surface area contributed by atoms with E-state index in [0.29, 0.717) is 17.5 Å². The van der Waals surface area contributed by atoms with Crippen molar-refractivity contribution in [2.24, 2.45) is 0 Å². The second-order valence-electron chi connectivity index (χ2n) is 12.4. The van der Waals surface area contributed by atoms with Crippen molar-refractivity contribution in [2.75, 3.05) is 0 Å². The van der Waals surface area contributed by atoms with Gasteiger partial charge in [0.15, 0.2) is 17.5 Å². The quantitative estimate of drug-likeness (QED) is 0.185. The summed E-state index contributed by atoms with van der Waals surface area (Å²) in [6, 6.07) is 56.7. The second-order valence-corrected chi connectivity index (χ2v) is 13.4. The molecule has 4 nitrogen and oxygen atoms in total. The van der Waals surface area contributed by atoms with Gasteiger partial charge >= 0.3 is 0 Å². The third-order valence-electron chi connectivity index (χ3n) is 9.34. The number of rotatable bonds is 5. The monoisotopic (exact) mass is 657 g/mol. The van der Waals surface area contributed by atoms with Crippen LogP contribution < -0.4 is 0 Å². The third kappa shape index (κ3) is 4.71. The maximum Gasteiger partial charge on any atom is 0.165 e. The molecule has 0 atom stereocenters. The number of furan rings is 1. The lowest BCUT2D eigenvalue weighted by atomic mass is 9.93. The standard InChI is InChI=1S/C45H27N3OS/c1-4-14-28(15-5-1)31-26-37(40-35-20-10-11-25-38(35)49-39(40)27-31)34-23-12-21-32-33-22-13-24-36(42(33)50-41(32)34)45-47-43(29-16-6-2-7-17-29)46-44(48-45)30-18-8-3-9-19-30/h1-27H. The molecule has 0 spiro atoms. The molecule has 3 aromatic heterocycles. The number of hydrogen-bond acceptors (Lipinski definition) is 5. The van der Waals surface area contributed by atoms with E-state index in [4.69, 9.17) is 19.4 Å². The van der Waals surface area contributed by atoms with Crippen LogP contribution in [0.4, 0.5) is 0 Å². The second kappa shape index (κ2) is 11.6. The summed E-state index contributed by atoms with van der Waals surface area (Å²) in [5.74, 6) is 1.96. The Morgan fingerprint density at radius 1 is 0.360 bits per heavy atom. The predicted molar refractivity (Wildman–Crippen MR) is 207 cm³/mol. The molecule has 0 saturated heterocycles.